The van der Waals surface area contributed by atoms with Gasteiger partial charge in [0.2, 0.25) is 0 Å². The summed E-state index contributed by atoms with van der Waals surface area (Å²) < 4.78 is 0. The van der Waals surface area contributed by atoms with Crippen molar-refractivity contribution in [2.75, 3.05) is 0 Å². The third-order valence-corrected chi connectivity index (χ3v) is 2.81. The van der Waals surface area contributed by atoms with Gasteiger partial charge in [-0.25, -0.2) is 4.99 Å². The minimum absolute atomic E-state index is 0.141. The molecule has 0 aromatic carbocycles. The van der Waals surface area contributed by atoms with Crippen molar-refractivity contribution in [3.8, 4) is 0 Å². The summed E-state index contributed by atoms with van der Waals surface area (Å²) in [6.45, 7) is 4.02. The summed E-state index contributed by atoms with van der Waals surface area (Å²) in [5.41, 5.74) is 0. The van der Waals surface area contributed by atoms with E-state index in [0.717, 1.165) is 11.5 Å². The van der Waals surface area contributed by atoms with E-state index in [1.54, 1.807) is 0 Å². The maximum atomic E-state index is 11.3. The highest BCUT2D eigenvalue weighted by atomic mass is 16.7. The van der Waals surface area contributed by atoms with Gasteiger partial charge in [0.15, 0.2) is 0 Å². The van der Waals surface area contributed by atoms with Crippen LogP contribution in [-0.2, 0) is 14.4 Å². The van der Waals surface area contributed by atoms with E-state index in [1.165, 1.54) is 0 Å². The predicted molar refractivity (Wildman–Crippen MR) is 56.3 cm³/mol. The second-order valence-corrected chi connectivity index (χ2v) is 4.02. The second kappa shape index (κ2) is 4.11. The molecule has 2 rings (SSSR count). The van der Waals surface area contributed by atoms with Crippen molar-refractivity contribution >= 4 is 17.8 Å². The molecule has 2 aliphatic rings. The van der Waals surface area contributed by atoms with Gasteiger partial charge in [-0.2, -0.15) is 0 Å². The molecular weight excluding hydrogens is 210 g/mol. The van der Waals surface area contributed by atoms with Gasteiger partial charge in [-0.3, -0.25) is 9.59 Å². The number of aliphatic imine (C=N–C) groups is 1. The van der Waals surface area contributed by atoms with Crippen LogP contribution < -0.4 is 5.32 Å². The molecule has 0 spiro atoms. The number of amidine groups is 1. The zero-order chi connectivity index (χ0) is 11.7. The Bertz CT molecular complexity index is 337. The lowest BCUT2D eigenvalue weighted by molar-refractivity contribution is -0.167. The topological polar surface area (TPSA) is 71.0 Å². The van der Waals surface area contributed by atoms with Crippen molar-refractivity contribution in [2.45, 2.75) is 45.2 Å². The number of carbonyl (C=O) groups is 2. The smallest absolute Gasteiger partial charge is 0.313 e. The molecule has 2 atom stereocenters. The van der Waals surface area contributed by atoms with Crippen LogP contribution in [0.5, 0.6) is 0 Å². The molecule has 1 N–H and O–H groups in total. The lowest BCUT2D eigenvalue weighted by Gasteiger charge is -2.14. The SMILES string of the molecule is CCC1N=C(ON2C(=O)CCC2=O)NC1C. The first kappa shape index (κ1) is 10.9. The number of imide groups is 1. The Hall–Kier alpha value is -1.59. The Morgan fingerprint density at radius 1 is 1.44 bits per heavy atom. The normalized spacial score (nSPS) is 29.4. The van der Waals surface area contributed by atoms with Crippen molar-refractivity contribution in [2.24, 2.45) is 4.99 Å². The van der Waals surface area contributed by atoms with E-state index < -0.39 is 0 Å². The lowest BCUT2D eigenvalue weighted by Crippen LogP contribution is -2.39. The fraction of sp³-hybridized carbons (Fsp3) is 0.700. The maximum absolute atomic E-state index is 11.3. The van der Waals surface area contributed by atoms with Crippen molar-refractivity contribution in [3.63, 3.8) is 0 Å². The van der Waals surface area contributed by atoms with Crippen molar-refractivity contribution in [1.29, 1.82) is 0 Å². The first-order chi connectivity index (χ1) is 7.61. The van der Waals surface area contributed by atoms with Crippen molar-refractivity contribution < 1.29 is 14.4 Å². The van der Waals surface area contributed by atoms with Crippen LogP contribution in [0, 0.1) is 0 Å². The lowest BCUT2D eigenvalue weighted by atomic mass is 10.1. The van der Waals surface area contributed by atoms with Crippen LogP contribution in [0.3, 0.4) is 0 Å². The number of nitrogens with one attached hydrogen (secondary N) is 1. The molecule has 6 nitrogen and oxygen atoms in total. The summed E-state index contributed by atoms with van der Waals surface area (Å²) in [5, 5.41) is 3.81. The second-order valence-electron chi connectivity index (χ2n) is 4.02. The van der Waals surface area contributed by atoms with Crippen LogP contribution in [0.15, 0.2) is 4.99 Å². The van der Waals surface area contributed by atoms with Gasteiger partial charge in [0, 0.05) is 12.8 Å². The summed E-state index contributed by atoms with van der Waals surface area (Å²) in [7, 11) is 0. The summed E-state index contributed by atoms with van der Waals surface area (Å²) >= 11 is 0. The van der Waals surface area contributed by atoms with E-state index in [2.05, 4.69) is 10.3 Å². The van der Waals surface area contributed by atoms with Gasteiger partial charge >= 0.3 is 6.02 Å². The first-order valence-electron chi connectivity index (χ1n) is 5.50. The molecule has 0 aromatic heterocycles. The number of rotatable bonds is 2. The molecule has 16 heavy (non-hydrogen) atoms. The number of amides is 2. The maximum Gasteiger partial charge on any atom is 0.313 e. The van der Waals surface area contributed by atoms with Gasteiger partial charge in [0.05, 0.1) is 12.1 Å². The Morgan fingerprint density at radius 2 is 2.06 bits per heavy atom. The molecule has 0 bridgehead atoms. The number of hydrogen-bond acceptors (Lipinski definition) is 5. The predicted octanol–water partition coefficient (Wildman–Crippen LogP) is 0.193. The third kappa shape index (κ3) is 1.87. The Balaban J connectivity index is 2.00. The number of nitrogens with zero attached hydrogens (tertiary/aromatic N) is 2. The van der Waals surface area contributed by atoms with E-state index in [-0.39, 0.29) is 42.8 Å². The number of hydroxylamine groups is 2. The molecule has 0 saturated carbocycles. The zero-order valence-corrected chi connectivity index (χ0v) is 9.40. The molecule has 0 aliphatic carbocycles. The van der Waals surface area contributed by atoms with Crippen LogP contribution in [0.2, 0.25) is 0 Å². The fourth-order valence-corrected chi connectivity index (χ4v) is 1.83. The molecule has 1 saturated heterocycles. The van der Waals surface area contributed by atoms with Crippen molar-refractivity contribution in [3.05, 3.63) is 0 Å². The van der Waals surface area contributed by atoms with E-state index in [4.69, 9.17) is 4.84 Å². The van der Waals surface area contributed by atoms with Gasteiger partial charge in [-0.05, 0) is 13.3 Å². The highest BCUT2D eigenvalue weighted by molar-refractivity contribution is 6.01. The summed E-state index contributed by atoms with van der Waals surface area (Å²) in [5.74, 6) is -0.607. The molecule has 0 radical (unpaired) electrons. The van der Waals surface area contributed by atoms with Crippen LogP contribution in [-0.4, -0.2) is 35.0 Å². The molecule has 2 aliphatic heterocycles. The third-order valence-electron chi connectivity index (χ3n) is 2.81. The Morgan fingerprint density at radius 3 is 2.56 bits per heavy atom. The van der Waals surface area contributed by atoms with E-state index >= 15 is 0 Å². The van der Waals surface area contributed by atoms with Gasteiger partial charge in [0.25, 0.3) is 11.8 Å². The van der Waals surface area contributed by atoms with Crippen LogP contribution >= 0.6 is 0 Å². The Kier molecular flexibility index (Phi) is 2.80. The molecule has 0 aromatic rings. The van der Waals surface area contributed by atoms with E-state index in [0.29, 0.717) is 0 Å². The highest BCUT2D eigenvalue weighted by Gasteiger charge is 2.34. The fourth-order valence-electron chi connectivity index (χ4n) is 1.83. The largest absolute Gasteiger partial charge is 0.334 e. The average Bonchev–Trinajstić information content (AvgIpc) is 2.76. The number of hydrogen-bond donors (Lipinski definition) is 1. The van der Waals surface area contributed by atoms with Gasteiger partial charge in [0.1, 0.15) is 0 Å². The average molecular weight is 225 g/mol. The minimum atomic E-state index is -0.304. The molecule has 6 heteroatoms. The van der Waals surface area contributed by atoms with Gasteiger partial charge < -0.3 is 10.2 Å². The highest BCUT2D eigenvalue weighted by Crippen LogP contribution is 2.15. The summed E-state index contributed by atoms with van der Waals surface area (Å²) in [6.07, 6.45) is 1.33. The van der Waals surface area contributed by atoms with Crippen molar-refractivity contribution in [1.82, 2.24) is 10.4 Å². The van der Waals surface area contributed by atoms with Crippen LogP contribution in [0.4, 0.5) is 0 Å². The zero-order valence-electron chi connectivity index (χ0n) is 9.40. The van der Waals surface area contributed by atoms with E-state index in [9.17, 15) is 9.59 Å². The molecule has 2 heterocycles. The molecule has 88 valence electrons. The Labute approximate surface area is 93.6 Å². The standard InChI is InChI=1S/C10H15N3O3/c1-3-7-6(2)11-10(12-7)16-13-8(14)4-5-9(13)15/h6-7H,3-5H2,1-2H3,(H,11,12). The quantitative estimate of drug-likeness (QED) is 0.681. The van der Waals surface area contributed by atoms with Gasteiger partial charge in [-0.1, -0.05) is 6.92 Å². The van der Waals surface area contributed by atoms with Crippen LogP contribution in [0.25, 0.3) is 0 Å². The van der Waals surface area contributed by atoms with Gasteiger partial charge in [-0.15, -0.1) is 5.06 Å². The van der Waals surface area contributed by atoms with E-state index in [1.807, 2.05) is 13.8 Å². The summed E-state index contributed by atoms with van der Waals surface area (Å²) in [4.78, 5) is 32.0. The number of carbonyl (C=O) groups excluding carboxylic acids is 2. The summed E-state index contributed by atoms with van der Waals surface area (Å²) in [6, 6.07) is 0.582. The molecule has 2 amide bonds. The van der Waals surface area contributed by atoms with Crippen LogP contribution in [0.1, 0.15) is 33.1 Å². The minimum Gasteiger partial charge on any atom is -0.334 e. The molecular formula is C10H15N3O3. The molecule has 2 unspecified atom stereocenters. The first-order valence-corrected chi connectivity index (χ1v) is 5.50. The molecule has 1 fully saturated rings. The monoisotopic (exact) mass is 225 g/mol.